The van der Waals surface area contributed by atoms with Crippen LogP contribution < -0.4 is 10.1 Å². The molecule has 0 aliphatic heterocycles. The molecule has 8 nitrogen and oxygen atoms in total. The van der Waals surface area contributed by atoms with Crippen LogP contribution in [0.25, 0.3) is 11.8 Å². The van der Waals surface area contributed by atoms with Gasteiger partial charge in [-0.2, -0.15) is 4.68 Å². The van der Waals surface area contributed by atoms with Crippen molar-refractivity contribution in [3.8, 4) is 5.75 Å². The summed E-state index contributed by atoms with van der Waals surface area (Å²) in [5.41, 5.74) is 1.13. The molecule has 1 aromatic heterocycles. The first-order chi connectivity index (χ1) is 12.5. The van der Waals surface area contributed by atoms with E-state index in [2.05, 4.69) is 34.7 Å². The third-order valence-corrected chi connectivity index (χ3v) is 3.47. The van der Waals surface area contributed by atoms with E-state index in [1.54, 1.807) is 20.1 Å². The number of hydrogen-bond acceptors (Lipinski definition) is 6. The van der Waals surface area contributed by atoms with Crippen LogP contribution in [0.3, 0.4) is 0 Å². The molecule has 0 saturated carbocycles. The Labute approximate surface area is 153 Å². The highest BCUT2D eigenvalue weighted by Crippen LogP contribution is 2.17. The molecule has 0 bridgehead atoms. The van der Waals surface area contributed by atoms with Gasteiger partial charge in [-0.1, -0.05) is 26.0 Å². The van der Waals surface area contributed by atoms with E-state index in [1.165, 1.54) is 4.68 Å². The van der Waals surface area contributed by atoms with Gasteiger partial charge >= 0.3 is 0 Å². The van der Waals surface area contributed by atoms with Crippen LogP contribution in [0, 0.1) is 12.8 Å². The second-order valence-electron chi connectivity index (χ2n) is 6.17. The van der Waals surface area contributed by atoms with Crippen LogP contribution in [-0.2, 0) is 9.53 Å². The Morgan fingerprint density at radius 3 is 2.85 bits per heavy atom. The number of benzene rings is 1. The summed E-state index contributed by atoms with van der Waals surface area (Å²) in [5, 5.41) is 14.2. The number of nitrogens with one attached hydrogen (secondary N) is 1. The van der Waals surface area contributed by atoms with Gasteiger partial charge < -0.3 is 14.8 Å². The van der Waals surface area contributed by atoms with Crippen molar-refractivity contribution in [1.82, 2.24) is 25.5 Å². The third-order valence-electron chi connectivity index (χ3n) is 3.47. The molecule has 0 fully saturated rings. The van der Waals surface area contributed by atoms with Gasteiger partial charge in [-0.05, 0) is 47.0 Å². The van der Waals surface area contributed by atoms with Crippen LogP contribution in [0.15, 0.2) is 24.3 Å². The molecule has 2 rings (SSSR count). The molecule has 1 heterocycles. The predicted octanol–water partition coefficient (Wildman–Crippen LogP) is 1.78. The van der Waals surface area contributed by atoms with Gasteiger partial charge in [-0.15, -0.1) is 5.10 Å². The Kier molecular flexibility index (Phi) is 7.28. The topological polar surface area (TPSA) is 91.2 Å². The molecule has 0 aliphatic carbocycles. The van der Waals surface area contributed by atoms with Crippen molar-refractivity contribution in [3.63, 3.8) is 0 Å². The predicted molar refractivity (Wildman–Crippen MR) is 98.4 cm³/mol. The van der Waals surface area contributed by atoms with Gasteiger partial charge in [0, 0.05) is 13.2 Å². The van der Waals surface area contributed by atoms with Gasteiger partial charge in [0.25, 0.3) is 5.91 Å². The molecule has 140 valence electrons. The van der Waals surface area contributed by atoms with E-state index >= 15 is 0 Å². The molecule has 8 heteroatoms. The number of aryl methyl sites for hydroxylation is 1. The molecule has 0 atom stereocenters. The van der Waals surface area contributed by atoms with E-state index in [1.807, 2.05) is 24.3 Å². The lowest BCUT2D eigenvalue weighted by Gasteiger charge is -2.11. The minimum atomic E-state index is -0.281. The van der Waals surface area contributed by atoms with Crippen molar-refractivity contribution in [3.05, 3.63) is 35.7 Å². The summed E-state index contributed by atoms with van der Waals surface area (Å²) in [6.45, 7) is 7.40. The summed E-state index contributed by atoms with van der Waals surface area (Å²) in [4.78, 5) is 12.7. The van der Waals surface area contributed by atoms with Crippen LogP contribution in [-0.4, -0.2) is 53.0 Å². The second kappa shape index (κ2) is 9.67. The Bertz CT molecular complexity index is 755. The molecule has 0 aliphatic rings. The quantitative estimate of drug-likeness (QED) is 0.542. The van der Waals surface area contributed by atoms with Crippen LogP contribution in [0.2, 0.25) is 0 Å². The molecule has 1 N–H and O–H groups in total. The molecule has 0 saturated heterocycles. The first kappa shape index (κ1) is 19.6. The zero-order valence-electron chi connectivity index (χ0n) is 15.6. The summed E-state index contributed by atoms with van der Waals surface area (Å²) >= 11 is 0. The highest BCUT2D eigenvalue weighted by atomic mass is 16.5. The van der Waals surface area contributed by atoms with E-state index in [4.69, 9.17) is 9.47 Å². The number of aromatic nitrogens is 4. The Balaban J connectivity index is 2.15. The van der Waals surface area contributed by atoms with Gasteiger partial charge in [0.1, 0.15) is 11.4 Å². The van der Waals surface area contributed by atoms with Crippen LogP contribution >= 0.6 is 0 Å². The van der Waals surface area contributed by atoms with Crippen molar-refractivity contribution in [1.29, 1.82) is 0 Å². The molecule has 1 aromatic carbocycles. The smallest absolute Gasteiger partial charge is 0.270 e. The SMILES string of the molecule is COc1cccc(C=C(C(=O)NCCOCC(C)C)n2nnnc2C)c1. The van der Waals surface area contributed by atoms with E-state index in [9.17, 15) is 4.79 Å². The lowest BCUT2D eigenvalue weighted by atomic mass is 10.1. The number of rotatable bonds is 9. The fourth-order valence-corrected chi connectivity index (χ4v) is 2.21. The van der Waals surface area contributed by atoms with Gasteiger partial charge in [0.15, 0.2) is 5.82 Å². The molecule has 0 radical (unpaired) electrons. The molecule has 1 amide bonds. The number of hydrogen-bond donors (Lipinski definition) is 1. The van der Waals surface area contributed by atoms with E-state index in [-0.39, 0.29) is 5.91 Å². The molecule has 26 heavy (non-hydrogen) atoms. The summed E-state index contributed by atoms with van der Waals surface area (Å²) in [5.74, 6) is 1.40. The molecule has 0 spiro atoms. The van der Waals surface area contributed by atoms with E-state index in [0.29, 0.717) is 42.9 Å². The van der Waals surface area contributed by atoms with Gasteiger partial charge in [0.2, 0.25) is 0 Å². The van der Waals surface area contributed by atoms with Gasteiger partial charge in [0.05, 0.1) is 13.7 Å². The number of carbonyl (C=O) groups excluding carboxylic acids is 1. The van der Waals surface area contributed by atoms with Crippen molar-refractivity contribution < 1.29 is 14.3 Å². The van der Waals surface area contributed by atoms with Crippen LogP contribution in [0.5, 0.6) is 5.75 Å². The Morgan fingerprint density at radius 1 is 1.38 bits per heavy atom. The molecular formula is C18H25N5O3. The molecule has 0 unspecified atom stereocenters. The Hall–Kier alpha value is -2.74. The van der Waals surface area contributed by atoms with E-state index in [0.717, 1.165) is 5.56 Å². The van der Waals surface area contributed by atoms with Crippen molar-refractivity contribution >= 4 is 17.7 Å². The highest BCUT2D eigenvalue weighted by Gasteiger charge is 2.16. The normalized spacial score (nSPS) is 11.7. The largest absolute Gasteiger partial charge is 0.497 e. The lowest BCUT2D eigenvalue weighted by Crippen LogP contribution is -2.30. The number of nitrogens with zero attached hydrogens (tertiary/aromatic N) is 4. The molecule has 2 aromatic rings. The third kappa shape index (κ3) is 5.66. The number of tetrazole rings is 1. The zero-order valence-corrected chi connectivity index (χ0v) is 15.6. The van der Waals surface area contributed by atoms with Crippen LogP contribution in [0.4, 0.5) is 0 Å². The van der Waals surface area contributed by atoms with Crippen molar-refractivity contribution in [2.75, 3.05) is 26.9 Å². The monoisotopic (exact) mass is 359 g/mol. The summed E-state index contributed by atoms with van der Waals surface area (Å²) in [7, 11) is 1.60. The Morgan fingerprint density at radius 2 is 2.19 bits per heavy atom. The maximum absolute atomic E-state index is 12.7. The standard InChI is InChI=1S/C18H25N5O3/c1-13(2)12-26-9-8-19-18(24)17(23-14(3)20-21-22-23)11-15-6-5-7-16(10-15)25-4/h5-7,10-11,13H,8-9,12H2,1-4H3,(H,19,24). The minimum Gasteiger partial charge on any atom is -0.497 e. The zero-order chi connectivity index (χ0) is 18.9. The van der Waals surface area contributed by atoms with Gasteiger partial charge in [-0.25, -0.2) is 0 Å². The average Bonchev–Trinajstić information content (AvgIpc) is 3.04. The minimum absolute atomic E-state index is 0.281. The maximum Gasteiger partial charge on any atom is 0.270 e. The van der Waals surface area contributed by atoms with Crippen LogP contribution in [0.1, 0.15) is 25.2 Å². The highest BCUT2D eigenvalue weighted by molar-refractivity contribution is 6.18. The first-order valence-electron chi connectivity index (χ1n) is 8.48. The average molecular weight is 359 g/mol. The van der Waals surface area contributed by atoms with Crippen molar-refractivity contribution in [2.24, 2.45) is 5.92 Å². The van der Waals surface area contributed by atoms with E-state index < -0.39 is 0 Å². The summed E-state index contributed by atoms with van der Waals surface area (Å²) in [6, 6.07) is 7.40. The fourth-order valence-electron chi connectivity index (χ4n) is 2.21. The summed E-state index contributed by atoms with van der Waals surface area (Å²) < 4.78 is 12.1. The number of carbonyl (C=O) groups is 1. The van der Waals surface area contributed by atoms with Gasteiger partial charge in [-0.3, -0.25) is 4.79 Å². The number of ether oxygens (including phenoxy) is 2. The maximum atomic E-state index is 12.7. The molecular weight excluding hydrogens is 334 g/mol. The number of methoxy groups -OCH3 is 1. The first-order valence-corrected chi connectivity index (χ1v) is 8.48. The summed E-state index contributed by atoms with van der Waals surface area (Å²) in [6.07, 6.45) is 1.72. The number of amides is 1. The lowest BCUT2D eigenvalue weighted by molar-refractivity contribution is -0.116. The van der Waals surface area contributed by atoms with Crippen molar-refractivity contribution in [2.45, 2.75) is 20.8 Å². The fraction of sp³-hybridized carbons (Fsp3) is 0.444. The second-order valence-corrected chi connectivity index (χ2v) is 6.17.